The van der Waals surface area contributed by atoms with Crippen molar-refractivity contribution in [3.63, 3.8) is 0 Å². The number of piperidine rings is 2. The van der Waals surface area contributed by atoms with E-state index in [1.807, 2.05) is 0 Å². The number of sulfonamides is 2. The molecular formula is C26H33N3O7S2. The van der Waals surface area contributed by atoms with Gasteiger partial charge in [-0.15, -0.1) is 0 Å². The van der Waals surface area contributed by atoms with Gasteiger partial charge in [0.05, 0.1) is 21.9 Å². The summed E-state index contributed by atoms with van der Waals surface area (Å²) in [5, 5.41) is 2.62. The van der Waals surface area contributed by atoms with E-state index in [-0.39, 0.29) is 34.1 Å². The molecule has 2 saturated heterocycles. The van der Waals surface area contributed by atoms with Gasteiger partial charge in [-0.1, -0.05) is 25.0 Å². The minimum Gasteiger partial charge on any atom is -0.460 e. The molecule has 0 aliphatic carbocycles. The molecule has 0 atom stereocenters. The summed E-state index contributed by atoms with van der Waals surface area (Å²) in [7, 11) is -7.35. The van der Waals surface area contributed by atoms with Crippen LogP contribution in [0.1, 0.15) is 59.2 Å². The van der Waals surface area contributed by atoms with Gasteiger partial charge in [0.15, 0.2) is 0 Å². The fraction of sp³-hybridized carbons (Fsp3) is 0.462. The van der Waals surface area contributed by atoms with Gasteiger partial charge in [-0.3, -0.25) is 4.79 Å². The Hall–Kier alpha value is -2.80. The summed E-state index contributed by atoms with van der Waals surface area (Å²) >= 11 is 0. The number of esters is 1. The molecule has 2 aromatic carbocycles. The average Bonchev–Trinajstić information content (AvgIpc) is 2.96. The van der Waals surface area contributed by atoms with Crippen LogP contribution >= 0.6 is 0 Å². The SMILES string of the molecule is O=C(NCCOC(=O)c1cccc(S(=O)(=O)N2CCCCC2)c1)c1cccc(S(=O)(=O)N2CCCCC2)c1. The first-order chi connectivity index (χ1) is 18.2. The lowest BCUT2D eigenvalue weighted by Crippen LogP contribution is -2.35. The fourth-order valence-electron chi connectivity index (χ4n) is 4.58. The monoisotopic (exact) mass is 563 g/mol. The smallest absolute Gasteiger partial charge is 0.338 e. The number of carbonyl (C=O) groups excluding carboxylic acids is 2. The summed E-state index contributed by atoms with van der Waals surface area (Å²) in [4.78, 5) is 25.2. The number of benzene rings is 2. The number of carbonyl (C=O) groups is 2. The lowest BCUT2D eigenvalue weighted by atomic mass is 10.2. The quantitative estimate of drug-likeness (QED) is 0.367. The average molecular weight is 564 g/mol. The third kappa shape index (κ3) is 6.60. The molecular weight excluding hydrogens is 530 g/mol. The van der Waals surface area contributed by atoms with E-state index in [4.69, 9.17) is 4.74 Å². The van der Waals surface area contributed by atoms with Crippen molar-refractivity contribution in [3.8, 4) is 0 Å². The van der Waals surface area contributed by atoms with Gasteiger partial charge in [-0.2, -0.15) is 8.61 Å². The summed E-state index contributed by atoms with van der Waals surface area (Å²) in [6.45, 7) is 1.72. The van der Waals surface area contributed by atoms with Gasteiger partial charge in [-0.05, 0) is 62.1 Å². The maximum absolute atomic E-state index is 12.9. The zero-order valence-electron chi connectivity index (χ0n) is 21.2. The molecule has 10 nitrogen and oxygen atoms in total. The normalized spacial score (nSPS) is 17.6. The highest BCUT2D eigenvalue weighted by molar-refractivity contribution is 7.89. The zero-order chi connectivity index (χ0) is 27.2. The molecule has 0 unspecified atom stereocenters. The first kappa shape index (κ1) is 28.2. The highest BCUT2D eigenvalue weighted by Gasteiger charge is 2.28. The second-order valence-electron chi connectivity index (χ2n) is 9.38. The first-order valence-electron chi connectivity index (χ1n) is 12.9. The predicted octanol–water partition coefficient (Wildman–Crippen LogP) is 2.62. The van der Waals surface area contributed by atoms with Crippen LogP contribution in [0.3, 0.4) is 0 Å². The second-order valence-corrected chi connectivity index (χ2v) is 13.3. The summed E-state index contributed by atoms with van der Waals surface area (Å²) in [6.07, 6.45) is 5.25. The zero-order valence-corrected chi connectivity index (χ0v) is 22.8. The molecule has 12 heteroatoms. The summed E-state index contributed by atoms with van der Waals surface area (Å²) in [6, 6.07) is 11.6. The lowest BCUT2D eigenvalue weighted by Gasteiger charge is -2.26. The van der Waals surface area contributed by atoms with Crippen LogP contribution in [0, 0.1) is 0 Å². The van der Waals surface area contributed by atoms with E-state index in [0.29, 0.717) is 26.2 Å². The molecule has 0 spiro atoms. The number of rotatable bonds is 9. The van der Waals surface area contributed by atoms with Gasteiger partial charge in [-0.25, -0.2) is 21.6 Å². The van der Waals surface area contributed by atoms with Crippen molar-refractivity contribution in [1.29, 1.82) is 0 Å². The molecule has 4 rings (SSSR count). The number of ether oxygens (including phenoxy) is 1. The van der Waals surface area contributed by atoms with Gasteiger partial charge in [0, 0.05) is 31.7 Å². The minimum atomic E-state index is -3.68. The second kappa shape index (κ2) is 12.4. The van der Waals surface area contributed by atoms with Crippen LogP contribution in [-0.4, -0.2) is 76.7 Å². The third-order valence-electron chi connectivity index (χ3n) is 6.69. The maximum atomic E-state index is 12.9. The van der Waals surface area contributed by atoms with E-state index < -0.39 is 31.9 Å². The van der Waals surface area contributed by atoms with Crippen LogP contribution in [0.15, 0.2) is 58.3 Å². The molecule has 0 aromatic heterocycles. The van der Waals surface area contributed by atoms with E-state index in [9.17, 15) is 26.4 Å². The Morgan fingerprint density at radius 2 is 1.18 bits per heavy atom. The Balaban J connectivity index is 1.31. The van der Waals surface area contributed by atoms with E-state index in [1.165, 1.54) is 57.1 Å². The molecule has 0 radical (unpaired) electrons. The number of amides is 1. The Morgan fingerprint density at radius 3 is 1.71 bits per heavy atom. The number of hydrogen-bond acceptors (Lipinski definition) is 7. The molecule has 206 valence electrons. The predicted molar refractivity (Wildman–Crippen MR) is 141 cm³/mol. The summed E-state index contributed by atoms with van der Waals surface area (Å²) in [5.74, 6) is -1.20. The van der Waals surface area contributed by atoms with Crippen molar-refractivity contribution in [3.05, 3.63) is 59.7 Å². The number of nitrogens with zero attached hydrogens (tertiary/aromatic N) is 2. The maximum Gasteiger partial charge on any atom is 0.338 e. The summed E-state index contributed by atoms with van der Waals surface area (Å²) < 4.78 is 59.7. The highest BCUT2D eigenvalue weighted by atomic mass is 32.2. The van der Waals surface area contributed by atoms with Crippen molar-refractivity contribution in [1.82, 2.24) is 13.9 Å². The van der Waals surface area contributed by atoms with Gasteiger partial charge < -0.3 is 10.1 Å². The highest BCUT2D eigenvalue weighted by Crippen LogP contribution is 2.23. The van der Waals surface area contributed by atoms with Crippen LogP contribution in [-0.2, 0) is 24.8 Å². The van der Waals surface area contributed by atoms with Crippen LogP contribution in [0.5, 0.6) is 0 Å². The van der Waals surface area contributed by atoms with Crippen LogP contribution in [0.4, 0.5) is 0 Å². The molecule has 1 N–H and O–H groups in total. The minimum absolute atomic E-state index is 0.000553. The lowest BCUT2D eigenvalue weighted by molar-refractivity contribution is 0.0503. The first-order valence-corrected chi connectivity index (χ1v) is 15.7. The Labute approximate surface area is 224 Å². The standard InChI is InChI=1S/C26H33N3O7S2/c30-25(21-9-7-11-23(19-21)37(32,33)28-14-3-1-4-15-28)27-13-18-36-26(31)22-10-8-12-24(20-22)38(34,35)29-16-5-2-6-17-29/h7-12,19-20H,1-6,13-18H2,(H,27,30). The topological polar surface area (TPSA) is 130 Å². The summed E-state index contributed by atoms with van der Waals surface area (Å²) in [5.41, 5.74) is 0.287. The van der Waals surface area contributed by atoms with E-state index in [2.05, 4.69) is 5.32 Å². The van der Waals surface area contributed by atoms with Gasteiger partial charge in [0.2, 0.25) is 20.0 Å². The molecule has 0 saturated carbocycles. The molecule has 38 heavy (non-hydrogen) atoms. The van der Waals surface area contributed by atoms with Gasteiger partial charge in [0.1, 0.15) is 6.61 Å². The van der Waals surface area contributed by atoms with Crippen molar-refractivity contribution in [2.24, 2.45) is 0 Å². The van der Waals surface area contributed by atoms with Crippen LogP contribution < -0.4 is 5.32 Å². The molecule has 2 fully saturated rings. The van der Waals surface area contributed by atoms with Crippen LogP contribution in [0.2, 0.25) is 0 Å². The van der Waals surface area contributed by atoms with Gasteiger partial charge in [0.25, 0.3) is 5.91 Å². The fourth-order valence-corrected chi connectivity index (χ4v) is 7.71. The number of hydrogen-bond donors (Lipinski definition) is 1. The van der Waals surface area contributed by atoms with Crippen molar-refractivity contribution < 1.29 is 31.2 Å². The van der Waals surface area contributed by atoms with Crippen molar-refractivity contribution >= 4 is 31.9 Å². The van der Waals surface area contributed by atoms with Crippen LogP contribution in [0.25, 0.3) is 0 Å². The molecule has 2 heterocycles. The molecule has 2 aliphatic heterocycles. The third-order valence-corrected chi connectivity index (χ3v) is 10.5. The van der Waals surface area contributed by atoms with Crippen molar-refractivity contribution in [2.45, 2.75) is 48.3 Å². The molecule has 0 bridgehead atoms. The van der Waals surface area contributed by atoms with E-state index >= 15 is 0 Å². The Kier molecular flexibility index (Phi) is 9.19. The number of nitrogens with one attached hydrogen (secondary N) is 1. The molecule has 2 aliphatic rings. The largest absolute Gasteiger partial charge is 0.460 e. The van der Waals surface area contributed by atoms with Gasteiger partial charge >= 0.3 is 5.97 Å². The van der Waals surface area contributed by atoms with Crippen molar-refractivity contribution in [2.75, 3.05) is 39.3 Å². The molecule has 1 amide bonds. The van der Waals surface area contributed by atoms with E-state index in [1.54, 1.807) is 0 Å². The molecule has 2 aromatic rings. The van der Waals surface area contributed by atoms with E-state index in [0.717, 1.165) is 38.5 Å². The Bertz CT molecular complexity index is 1260. The Morgan fingerprint density at radius 1 is 0.711 bits per heavy atom.